The Hall–Kier alpha value is -0.530. The van der Waals surface area contributed by atoms with Crippen LogP contribution < -0.4 is 0 Å². The van der Waals surface area contributed by atoms with Crippen molar-refractivity contribution < 1.29 is 4.79 Å². The lowest BCUT2D eigenvalue weighted by Crippen LogP contribution is -2.39. The van der Waals surface area contributed by atoms with E-state index in [0.29, 0.717) is 23.7 Å². The maximum Gasteiger partial charge on any atom is 0.225 e. The van der Waals surface area contributed by atoms with E-state index in [1.165, 1.54) is 51.4 Å². The zero-order chi connectivity index (χ0) is 16.4. The SMILES string of the molecule is CCCCC(CC)CN(CC(CC)CCCC)C(=O)C1CC1. The molecular formula is C20H39NO. The lowest BCUT2D eigenvalue weighted by atomic mass is 9.95. The van der Waals surface area contributed by atoms with Gasteiger partial charge in [0, 0.05) is 19.0 Å². The summed E-state index contributed by atoms with van der Waals surface area (Å²) in [5.41, 5.74) is 0. The molecule has 1 fully saturated rings. The normalized spacial score (nSPS) is 17.3. The Balaban J connectivity index is 2.59. The summed E-state index contributed by atoms with van der Waals surface area (Å²) in [6.45, 7) is 11.1. The minimum Gasteiger partial charge on any atom is -0.342 e. The summed E-state index contributed by atoms with van der Waals surface area (Å²) in [6, 6.07) is 0. The van der Waals surface area contributed by atoms with Gasteiger partial charge in [-0.3, -0.25) is 4.79 Å². The van der Waals surface area contributed by atoms with E-state index in [-0.39, 0.29) is 0 Å². The predicted octanol–water partition coefficient (Wildman–Crippen LogP) is 5.66. The minimum absolute atomic E-state index is 0.368. The fourth-order valence-corrected chi connectivity index (χ4v) is 3.30. The zero-order valence-corrected chi connectivity index (χ0v) is 15.6. The zero-order valence-electron chi connectivity index (χ0n) is 15.6. The van der Waals surface area contributed by atoms with E-state index in [9.17, 15) is 4.79 Å². The summed E-state index contributed by atoms with van der Waals surface area (Å²) in [7, 11) is 0. The van der Waals surface area contributed by atoms with Gasteiger partial charge in [-0.25, -0.2) is 0 Å². The number of hydrogen-bond donors (Lipinski definition) is 0. The molecule has 130 valence electrons. The topological polar surface area (TPSA) is 20.3 Å². The standard InChI is InChI=1S/C20H39NO/c1-5-9-11-17(7-3)15-21(20(22)19-13-14-19)16-18(8-4)12-10-6-2/h17-19H,5-16H2,1-4H3. The summed E-state index contributed by atoms with van der Waals surface area (Å²) >= 11 is 0. The van der Waals surface area contributed by atoms with Crippen LogP contribution in [0, 0.1) is 17.8 Å². The molecule has 2 heteroatoms. The summed E-state index contributed by atoms with van der Waals surface area (Å²) in [5, 5.41) is 0. The fraction of sp³-hybridized carbons (Fsp3) is 0.950. The van der Waals surface area contributed by atoms with Gasteiger partial charge in [0.15, 0.2) is 0 Å². The Morgan fingerprint density at radius 2 is 1.36 bits per heavy atom. The summed E-state index contributed by atoms with van der Waals surface area (Å²) in [6.07, 6.45) is 12.4. The van der Waals surface area contributed by atoms with Gasteiger partial charge in [-0.15, -0.1) is 0 Å². The van der Waals surface area contributed by atoms with Crippen LogP contribution in [0.25, 0.3) is 0 Å². The number of rotatable bonds is 13. The Kier molecular flexibility index (Phi) is 9.82. The second-order valence-corrected chi connectivity index (χ2v) is 7.35. The molecule has 0 aromatic heterocycles. The molecule has 0 N–H and O–H groups in total. The molecule has 2 nitrogen and oxygen atoms in total. The highest BCUT2D eigenvalue weighted by molar-refractivity contribution is 5.81. The van der Waals surface area contributed by atoms with Gasteiger partial charge in [-0.2, -0.15) is 0 Å². The smallest absolute Gasteiger partial charge is 0.225 e. The fourth-order valence-electron chi connectivity index (χ4n) is 3.30. The Morgan fingerprint density at radius 1 is 0.909 bits per heavy atom. The third-order valence-electron chi connectivity index (χ3n) is 5.28. The molecule has 22 heavy (non-hydrogen) atoms. The van der Waals surface area contributed by atoms with Crippen LogP contribution in [0.2, 0.25) is 0 Å². The van der Waals surface area contributed by atoms with E-state index in [4.69, 9.17) is 0 Å². The first-order valence-electron chi connectivity index (χ1n) is 9.94. The van der Waals surface area contributed by atoms with Crippen molar-refractivity contribution in [2.24, 2.45) is 17.8 Å². The molecule has 0 bridgehead atoms. The number of hydrogen-bond acceptors (Lipinski definition) is 1. The molecule has 2 atom stereocenters. The lowest BCUT2D eigenvalue weighted by molar-refractivity contribution is -0.134. The molecule has 2 unspecified atom stereocenters. The molecule has 1 amide bonds. The number of carbonyl (C=O) groups is 1. The van der Waals surface area contributed by atoms with Crippen LogP contribution in [0.3, 0.4) is 0 Å². The van der Waals surface area contributed by atoms with Gasteiger partial charge in [0.2, 0.25) is 5.91 Å². The van der Waals surface area contributed by atoms with E-state index in [0.717, 1.165) is 25.9 Å². The van der Waals surface area contributed by atoms with Crippen LogP contribution >= 0.6 is 0 Å². The third-order valence-corrected chi connectivity index (χ3v) is 5.28. The molecule has 0 spiro atoms. The van der Waals surface area contributed by atoms with Crippen LogP contribution in [0.15, 0.2) is 0 Å². The van der Waals surface area contributed by atoms with Crippen molar-refractivity contribution in [3.05, 3.63) is 0 Å². The first-order valence-corrected chi connectivity index (χ1v) is 9.94. The molecule has 0 aromatic rings. The monoisotopic (exact) mass is 309 g/mol. The summed E-state index contributed by atoms with van der Waals surface area (Å²) in [5.74, 6) is 2.23. The summed E-state index contributed by atoms with van der Waals surface area (Å²) in [4.78, 5) is 14.9. The van der Waals surface area contributed by atoms with Crippen LogP contribution in [0.1, 0.15) is 91.9 Å². The van der Waals surface area contributed by atoms with Gasteiger partial charge in [-0.05, 0) is 37.5 Å². The third kappa shape index (κ3) is 7.15. The van der Waals surface area contributed by atoms with E-state index in [1.54, 1.807) is 0 Å². The van der Waals surface area contributed by atoms with E-state index >= 15 is 0 Å². The Morgan fingerprint density at radius 3 is 1.68 bits per heavy atom. The average molecular weight is 310 g/mol. The maximum atomic E-state index is 12.7. The molecule has 1 aliphatic carbocycles. The van der Waals surface area contributed by atoms with E-state index in [1.807, 2.05) is 0 Å². The molecule has 0 radical (unpaired) electrons. The highest BCUT2D eigenvalue weighted by Crippen LogP contribution is 2.32. The predicted molar refractivity (Wildman–Crippen MR) is 95.9 cm³/mol. The van der Waals surface area contributed by atoms with Gasteiger partial charge in [0.1, 0.15) is 0 Å². The van der Waals surface area contributed by atoms with Crippen molar-refractivity contribution in [2.45, 2.75) is 91.9 Å². The van der Waals surface area contributed by atoms with Gasteiger partial charge in [0.25, 0.3) is 0 Å². The molecule has 0 heterocycles. The number of nitrogens with zero attached hydrogens (tertiary/aromatic N) is 1. The molecule has 0 aromatic carbocycles. The lowest BCUT2D eigenvalue weighted by Gasteiger charge is -2.31. The van der Waals surface area contributed by atoms with Crippen molar-refractivity contribution in [2.75, 3.05) is 13.1 Å². The molecule has 1 aliphatic rings. The van der Waals surface area contributed by atoms with Crippen molar-refractivity contribution >= 4 is 5.91 Å². The molecular weight excluding hydrogens is 270 g/mol. The van der Waals surface area contributed by atoms with Gasteiger partial charge < -0.3 is 4.90 Å². The molecule has 1 rings (SSSR count). The number of unbranched alkanes of at least 4 members (excludes halogenated alkanes) is 2. The van der Waals surface area contributed by atoms with Gasteiger partial charge in [0.05, 0.1) is 0 Å². The van der Waals surface area contributed by atoms with E-state index < -0.39 is 0 Å². The highest BCUT2D eigenvalue weighted by atomic mass is 16.2. The molecule has 1 saturated carbocycles. The number of carbonyl (C=O) groups excluding carboxylic acids is 1. The average Bonchev–Trinajstić information content (AvgIpc) is 3.37. The Bertz CT molecular complexity index is 280. The van der Waals surface area contributed by atoms with Crippen LogP contribution in [-0.2, 0) is 4.79 Å². The molecule has 0 aliphatic heterocycles. The number of amides is 1. The van der Waals surface area contributed by atoms with Crippen molar-refractivity contribution in [3.8, 4) is 0 Å². The largest absolute Gasteiger partial charge is 0.342 e. The van der Waals surface area contributed by atoms with Gasteiger partial charge in [-0.1, -0.05) is 66.2 Å². The highest BCUT2D eigenvalue weighted by Gasteiger charge is 2.34. The van der Waals surface area contributed by atoms with Gasteiger partial charge >= 0.3 is 0 Å². The van der Waals surface area contributed by atoms with Crippen molar-refractivity contribution in [3.63, 3.8) is 0 Å². The first-order chi connectivity index (χ1) is 10.7. The van der Waals surface area contributed by atoms with E-state index in [2.05, 4.69) is 32.6 Å². The second kappa shape index (κ2) is 11.1. The van der Waals surface area contributed by atoms with Crippen molar-refractivity contribution in [1.29, 1.82) is 0 Å². The molecule has 0 saturated heterocycles. The van der Waals surface area contributed by atoms with Crippen LogP contribution in [0.4, 0.5) is 0 Å². The second-order valence-electron chi connectivity index (χ2n) is 7.35. The Labute approximate surface area is 139 Å². The minimum atomic E-state index is 0.368. The quantitative estimate of drug-likeness (QED) is 0.430. The van der Waals surface area contributed by atoms with Crippen LogP contribution in [-0.4, -0.2) is 23.9 Å². The maximum absolute atomic E-state index is 12.7. The van der Waals surface area contributed by atoms with Crippen molar-refractivity contribution in [1.82, 2.24) is 4.90 Å². The summed E-state index contributed by atoms with van der Waals surface area (Å²) < 4.78 is 0. The van der Waals surface area contributed by atoms with Crippen LogP contribution in [0.5, 0.6) is 0 Å². The first kappa shape index (κ1) is 19.5.